The average Bonchev–Trinajstić information content (AvgIpc) is 2.41. The van der Waals surface area contributed by atoms with Crippen LogP contribution in [0.25, 0.3) is 0 Å². The molecule has 5 nitrogen and oxygen atoms in total. The fraction of sp³-hybridized carbons (Fsp3) is 0.467. The summed E-state index contributed by atoms with van der Waals surface area (Å²) < 4.78 is 0. The number of carboxylic acids is 1. The van der Waals surface area contributed by atoms with Gasteiger partial charge in [-0.15, -0.1) is 0 Å². The van der Waals surface area contributed by atoms with Crippen molar-refractivity contribution in [1.82, 2.24) is 4.90 Å². The minimum absolute atomic E-state index is 0.150. The summed E-state index contributed by atoms with van der Waals surface area (Å²) in [6, 6.07) is 4.99. The molecule has 0 bridgehead atoms. The molecule has 1 unspecified atom stereocenters. The average molecular weight is 276 g/mol. The van der Waals surface area contributed by atoms with Crippen LogP contribution in [0.3, 0.4) is 0 Å². The number of hydrogen-bond donors (Lipinski definition) is 2. The molecule has 0 aromatic heterocycles. The molecule has 2 rings (SSSR count). The third-order valence-corrected chi connectivity index (χ3v) is 3.87. The van der Waals surface area contributed by atoms with E-state index in [-0.39, 0.29) is 17.6 Å². The second kappa shape index (κ2) is 5.94. The van der Waals surface area contributed by atoms with E-state index in [9.17, 15) is 9.59 Å². The van der Waals surface area contributed by atoms with Gasteiger partial charge >= 0.3 is 12.0 Å². The van der Waals surface area contributed by atoms with Gasteiger partial charge in [0.25, 0.3) is 0 Å². The van der Waals surface area contributed by atoms with Crippen LogP contribution in [0.1, 0.15) is 42.1 Å². The Bertz CT molecular complexity index is 528. The Balaban J connectivity index is 2.15. The summed E-state index contributed by atoms with van der Waals surface area (Å²) in [6.07, 6.45) is 3.19. The molecule has 1 aliphatic heterocycles. The normalized spacial score (nSPS) is 18.7. The Morgan fingerprint density at radius 2 is 2.10 bits per heavy atom. The summed E-state index contributed by atoms with van der Waals surface area (Å²) in [5.41, 5.74) is 1.36. The van der Waals surface area contributed by atoms with Gasteiger partial charge in [-0.05, 0) is 50.8 Å². The minimum Gasteiger partial charge on any atom is -0.478 e. The number of carbonyl (C=O) groups is 2. The fourth-order valence-corrected chi connectivity index (χ4v) is 2.59. The van der Waals surface area contributed by atoms with E-state index in [4.69, 9.17) is 5.11 Å². The van der Waals surface area contributed by atoms with Crippen molar-refractivity contribution in [3.05, 3.63) is 29.3 Å². The van der Waals surface area contributed by atoms with E-state index in [2.05, 4.69) is 5.32 Å². The highest BCUT2D eigenvalue weighted by atomic mass is 16.4. The first-order chi connectivity index (χ1) is 9.50. The standard InChI is InChI=1S/C15H20N2O3/c1-10-6-3-4-9-17(10)15(20)16-13-8-5-7-12(11(13)2)14(18)19/h5,7-8,10H,3-4,6,9H2,1-2H3,(H,16,20)(H,18,19). The Hall–Kier alpha value is -2.04. The van der Waals surface area contributed by atoms with E-state index in [1.807, 2.05) is 11.8 Å². The number of aromatic carboxylic acids is 1. The number of carboxylic acid groups (broad SMARTS) is 1. The number of nitrogens with zero attached hydrogens (tertiary/aromatic N) is 1. The van der Waals surface area contributed by atoms with Gasteiger partial charge in [-0.25, -0.2) is 9.59 Å². The topological polar surface area (TPSA) is 69.6 Å². The van der Waals surface area contributed by atoms with Crippen LogP contribution < -0.4 is 5.32 Å². The molecular weight excluding hydrogens is 256 g/mol. The molecule has 1 fully saturated rings. The first-order valence-electron chi connectivity index (χ1n) is 6.91. The molecule has 1 heterocycles. The number of benzene rings is 1. The minimum atomic E-state index is -0.982. The molecule has 0 saturated carbocycles. The van der Waals surface area contributed by atoms with Crippen LogP contribution in [-0.4, -0.2) is 34.6 Å². The van der Waals surface area contributed by atoms with Crippen molar-refractivity contribution in [1.29, 1.82) is 0 Å². The zero-order chi connectivity index (χ0) is 14.7. The van der Waals surface area contributed by atoms with Crippen molar-refractivity contribution in [3.63, 3.8) is 0 Å². The third-order valence-electron chi connectivity index (χ3n) is 3.87. The van der Waals surface area contributed by atoms with E-state index in [0.717, 1.165) is 25.8 Å². The van der Waals surface area contributed by atoms with Crippen LogP contribution in [0.15, 0.2) is 18.2 Å². The lowest BCUT2D eigenvalue weighted by molar-refractivity contribution is 0.0696. The summed E-state index contributed by atoms with van der Waals surface area (Å²) in [5, 5.41) is 11.9. The molecule has 108 valence electrons. The number of nitrogens with one attached hydrogen (secondary N) is 1. The Morgan fingerprint density at radius 3 is 2.75 bits per heavy atom. The maximum Gasteiger partial charge on any atom is 0.336 e. The molecule has 5 heteroatoms. The van der Waals surface area contributed by atoms with Crippen molar-refractivity contribution in [2.45, 2.75) is 39.2 Å². The summed E-state index contributed by atoms with van der Waals surface area (Å²) in [5.74, 6) is -0.982. The molecular formula is C15H20N2O3. The van der Waals surface area contributed by atoms with Crippen LogP contribution in [0.5, 0.6) is 0 Å². The van der Waals surface area contributed by atoms with E-state index < -0.39 is 5.97 Å². The van der Waals surface area contributed by atoms with Crippen LogP contribution >= 0.6 is 0 Å². The molecule has 0 spiro atoms. The SMILES string of the molecule is Cc1c(NC(=O)N2CCCCC2C)cccc1C(=O)O. The number of amides is 2. The zero-order valence-electron chi connectivity index (χ0n) is 11.8. The quantitative estimate of drug-likeness (QED) is 0.872. The highest BCUT2D eigenvalue weighted by Crippen LogP contribution is 2.22. The zero-order valence-corrected chi connectivity index (χ0v) is 11.8. The van der Waals surface area contributed by atoms with Crippen molar-refractivity contribution in [3.8, 4) is 0 Å². The lowest BCUT2D eigenvalue weighted by Gasteiger charge is -2.33. The maximum absolute atomic E-state index is 12.3. The summed E-state index contributed by atoms with van der Waals surface area (Å²) in [4.78, 5) is 25.2. The molecule has 1 aliphatic rings. The second-order valence-electron chi connectivity index (χ2n) is 5.25. The predicted octanol–water partition coefficient (Wildman–Crippen LogP) is 3.10. The first-order valence-corrected chi connectivity index (χ1v) is 6.91. The maximum atomic E-state index is 12.3. The van der Waals surface area contributed by atoms with E-state index in [0.29, 0.717) is 11.3 Å². The molecule has 1 saturated heterocycles. The van der Waals surface area contributed by atoms with Gasteiger partial charge in [0.2, 0.25) is 0 Å². The number of anilines is 1. The number of likely N-dealkylation sites (tertiary alicyclic amines) is 1. The predicted molar refractivity (Wildman–Crippen MR) is 77.2 cm³/mol. The van der Waals surface area contributed by atoms with Gasteiger partial charge < -0.3 is 15.3 Å². The number of urea groups is 1. The van der Waals surface area contributed by atoms with E-state index >= 15 is 0 Å². The van der Waals surface area contributed by atoms with E-state index in [1.54, 1.807) is 19.1 Å². The summed E-state index contributed by atoms with van der Waals surface area (Å²) in [7, 11) is 0. The first kappa shape index (κ1) is 14.4. The molecule has 2 N–H and O–H groups in total. The second-order valence-corrected chi connectivity index (χ2v) is 5.25. The van der Waals surface area contributed by atoms with Gasteiger partial charge in [0, 0.05) is 18.3 Å². The molecule has 0 radical (unpaired) electrons. The van der Waals surface area contributed by atoms with Gasteiger partial charge in [0.15, 0.2) is 0 Å². The van der Waals surface area contributed by atoms with Crippen LogP contribution in [0, 0.1) is 6.92 Å². The van der Waals surface area contributed by atoms with Crippen molar-refractivity contribution < 1.29 is 14.7 Å². The number of rotatable bonds is 2. The van der Waals surface area contributed by atoms with Gasteiger partial charge in [0.1, 0.15) is 0 Å². The summed E-state index contributed by atoms with van der Waals surface area (Å²) >= 11 is 0. The van der Waals surface area contributed by atoms with Gasteiger partial charge in [0.05, 0.1) is 5.56 Å². The highest BCUT2D eigenvalue weighted by molar-refractivity contribution is 5.95. The molecule has 1 aromatic rings. The molecule has 0 aliphatic carbocycles. The van der Waals surface area contributed by atoms with Crippen LogP contribution in [-0.2, 0) is 0 Å². The molecule has 1 atom stereocenters. The largest absolute Gasteiger partial charge is 0.478 e. The number of carbonyl (C=O) groups excluding carboxylic acids is 1. The Morgan fingerprint density at radius 1 is 1.35 bits per heavy atom. The lowest BCUT2D eigenvalue weighted by Crippen LogP contribution is -2.44. The number of hydrogen-bond acceptors (Lipinski definition) is 2. The van der Waals surface area contributed by atoms with Gasteiger partial charge in [-0.1, -0.05) is 6.07 Å². The van der Waals surface area contributed by atoms with Crippen molar-refractivity contribution in [2.75, 3.05) is 11.9 Å². The highest BCUT2D eigenvalue weighted by Gasteiger charge is 2.23. The summed E-state index contributed by atoms with van der Waals surface area (Å²) in [6.45, 7) is 4.50. The van der Waals surface area contributed by atoms with Gasteiger partial charge in [-0.3, -0.25) is 0 Å². The van der Waals surface area contributed by atoms with Crippen LogP contribution in [0.4, 0.5) is 10.5 Å². The van der Waals surface area contributed by atoms with E-state index in [1.165, 1.54) is 6.07 Å². The van der Waals surface area contributed by atoms with Gasteiger partial charge in [-0.2, -0.15) is 0 Å². The third kappa shape index (κ3) is 2.92. The Kier molecular flexibility index (Phi) is 4.27. The van der Waals surface area contributed by atoms with Crippen molar-refractivity contribution in [2.24, 2.45) is 0 Å². The fourth-order valence-electron chi connectivity index (χ4n) is 2.59. The monoisotopic (exact) mass is 276 g/mol. The smallest absolute Gasteiger partial charge is 0.336 e. The molecule has 1 aromatic carbocycles. The van der Waals surface area contributed by atoms with Crippen LogP contribution in [0.2, 0.25) is 0 Å². The van der Waals surface area contributed by atoms with Crippen molar-refractivity contribution >= 4 is 17.7 Å². The molecule has 20 heavy (non-hydrogen) atoms. The Labute approximate surface area is 118 Å². The number of piperidine rings is 1. The molecule has 2 amide bonds. The lowest BCUT2D eigenvalue weighted by atomic mass is 10.0.